The Balaban J connectivity index is 2.05. The number of carbonyl (C=O) groups excluding carboxylic acids is 1. The van der Waals surface area contributed by atoms with E-state index in [1.807, 2.05) is 18.2 Å². The fourth-order valence-electron chi connectivity index (χ4n) is 2.30. The molecule has 1 aliphatic carbocycles. The number of ketones is 1. The van der Waals surface area contributed by atoms with E-state index < -0.39 is 0 Å². The molecule has 1 aliphatic rings. The average Bonchev–Trinajstić information content (AvgIpc) is 2.25. The summed E-state index contributed by atoms with van der Waals surface area (Å²) in [7, 11) is 0. The van der Waals surface area contributed by atoms with Crippen LogP contribution in [0.4, 0.5) is 0 Å². The van der Waals surface area contributed by atoms with Gasteiger partial charge >= 0.3 is 0 Å². The third kappa shape index (κ3) is 3.48. The van der Waals surface area contributed by atoms with Crippen LogP contribution in [0, 0.1) is 5.41 Å². The highest BCUT2D eigenvalue weighted by molar-refractivity contribution is 6.04. The van der Waals surface area contributed by atoms with Crippen molar-refractivity contribution >= 4 is 11.5 Å². The van der Waals surface area contributed by atoms with Gasteiger partial charge in [0.1, 0.15) is 5.78 Å². The van der Waals surface area contributed by atoms with Gasteiger partial charge in [-0.1, -0.05) is 19.9 Å². The van der Waals surface area contributed by atoms with Crippen LogP contribution in [0.1, 0.15) is 38.8 Å². The first-order valence-electron chi connectivity index (χ1n) is 5.99. The Morgan fingerprint density at radius 3 is 2.82 bits per heavy atom. The fraction of sp³-hybridized carbons (Fsp3) is 0.500. The molecule has 3 nitrogen and oxygen atoms in total. The number of pyridine rings is 1. The SMILES string of the molecule is CC1(C)CC(=O)CC(=NCc2ccccn2)C1. The van der Waals surface area contributed by atoms with E-state index in [2.05, 4.69) is 23.8 Å². The van der Waals surface area contributed by atoms with E-state index in [1.165, 1.54) is 0 Å². The van der Waals surface area contributed by atoms with Gasteiger partial charge in [-0.2, -0.15) is 0 Å². The second kappa shape index (κ2) is 4.78. The molecule has 1 saturated carbocycles. The van der Waals surface area contributed by atoms with Gasteiger partial charge in [-0.05, 0) is 24.0 Å². The molecule has 17 heavy (non-hydrogen) atoms. The molecule has 0 radical (unpaired) electrons. The van der Waals surface area contributed by atoms with E-state index in [0.29, 0.717) is 25.2 Å². The molecule has 1 aromatic heterocycles. The van der Waals surface area contributed by atoms with Crippen molar-refractivity contribution in [1.82, 2.24) is 4.98 Å². The average molecular weight is 230 g/mol. The molecule has 0 amide bonds. The number of rotatable bonds is 2. The first-order chi connectivity index (χ1) is 8.05. The molecule has 0 N–H and O–H groups in total. The summed E-state index contributed by atoms with van der Waals surface area (Å²) in [6.45, 7) is 4.83. The number of aliphatic imine (C=N–C) groups is 1. The number of nitrogens with zero attached hydrogens (tertiary/aromatic N) is 2. The summed E-state index contributed by atoms with van der Waals surface area (Å²) < 4.78 is 0. The molecule has 0 aliphatic heterocycles. The molecule has 0 spiro atoms. The summed E-state index contributed by atoms with van der Waals surface area (Å²) in [4.78, 5) is 20.4. The van der Waals surface area contributed by atoms with Crippen LogP contribution in [0.2, 0.25) is 0 Å². The highest BCUT2D eigenvalue weighted by atomic mass is 16.1. The topological polar surface area (TPSA) is 42.3 Å². The van der Waals surface area contributed by atoms with Crippen LogP contribution < -0.4 is 0 Å². The minimum Gasteiger partial charge on any atom is -0.299 e. The largest absolute Gasteiger partial charge is 0.299 e. The van der Waals surface area contributed by atoms with Gasteiger partial charge in [0.2, 0.25) is 0 Å². The highest BCUT2D eigenvalue weighted by Crippen LogP contribution is 2.31. The van der Waals surface area contributed by atoms with Gasteiger partial charge < -0.3 is 0 Å². The predicted octanol–water partition coefficient (Wildman–Crippen LogP) is 2.80. The molecular weight excluding hydrogens is 212 g/mol. The second-order valence-corrected chi connectivity index (χ2v) is 5.44. The maximum absolute atomic E-state index is 11.6. The highest BCUT2D eigenvalue weighted by Gasteiger charge is 2.29. The standard InChI is InChI=1S/C14H18N2O/c1-14(2)8-12(7-13(17)9-14)16-10-11-5-3-4-6-15-11/h3-6H,7-10H2,1-2H3. The number of aromatic nitrogens is 1. The molecule has 1 aromatic rings. The van der Waals surface area contributed by atoms with Crippen LogP contribution in [0.15, 0.2) is 29.4 Å². The number of hydrogen-bond acceptors (Lipinski definition) is 3. The molecule has 0 unspecified atom stereocenters. The second-order valence-electron chi connectivity index (χ2n) is 5.44. The quantitative estimate of drug-likeness (QED) is 0.784. The summed E-state index contributed by atoms with van der Waals surface area (Å²) in [5.74, 6) is 0.307. The molecular formula is C14H18N2O. The molecule has 90 valence electrons. The van der Waals surface area contributed by atoms with Gasteiger partial charge in [-0.3, -0.25) is 14.8 Å². The lowest BCUT2D eigenvalue weighted by atomic mass is 9.76. The molecule has 0 bridgehead atoms. The van der Waals surface area contributed by atoms with Crippen molar-refractivity contribution in [2.75, 3.05) is 0 Å². The Kier molecular flexibility index (Phi) is 3.36. The van der Waals surface area contributed by atoms with Crippen molar-refractivity contribution in [3.63, 3.8) is 0 Å². The lowest BCUT2D eigenvalue weighted by Gasteiger charge is -2.29. The van der Waals surface area contributed by atoms with Crippen molar-refractivity contribution in [3.05, 3.63) is 30.1 Å². The first kappa shape index (κ1) is 12.0. The van der Waals surface area contributed by atoms with Crippen LogP contribution in [0.25, 0.3) is 0 Å². The zero-order valence-electron chi connectivity index (χ0n) is 10.4. The van der Waals surface area contributed by atoms with Crippen molar-refractivity contribution in [3.8, 4) is 0 Å². The molecule has 3 heteroatoms. The van der Waals surface area contributed by atoms with Crippen molar-refractivity contribution in [2.45, 2.75) is 39.7 Å². The van der Waals surface area contributed by atoms with Crippen LogP contribution >= 0.6 is 0 Å². The number of hydrogen-bond donors (Lipinski definition) is 0. The van der Waals surface area contributed by atoms with Crippen LogP contribution in [0.3, 0.4) is 0 Å². The molecule has 1 heterocycles. The summed E-state index contributed by atoms with van der Waals surface area (Å²) >= 11 is 0. The van der Waals surface area contributed by atoms with Crippen LogP contribution in [0.5, 0.6) is 0 Å². The van der Waals surface area contributed by atoms with E-state index in [4.69, 9.17) is 0 Å². The Hall–Kier alpha value is -1.51. The molecule has 2 rings (SSSR count). The zero-order valence-corrected chi connectivity index (χ0v) is 10.4. The molecule has 0 aromatic carbocycles. The van der Waals surface area contributed by atoms with Crippen molar-refractivity contribution in [1.29, 1.82) is 0 Å². The maximum atomic E-state index is 11.6. The molecule has 0 atom stereocenters. The van der Waals surface area contributed by atoms with E-state index >= 15 is 0 Å². The number of Topliss-reactive ketones (excluding diaryl/α,β-unsaturated/α-hetero) is 1. The van der Waals surface area contributed by atoms with Crippen molar-refractivity contribution in [2.24, 2.45) is 10.4 Å². The summed E-state index contributed by atoms with van der Waals surface area (Å²) in [5, 5.41) is 0. The smallest absolute Gasteiger partial charge is 0.139 e. The summed E-state index contributed by atoms with van der Waals surface area (Å²) in [6, 6.07) is 5.81. The number of carbonyl (C=O) groups is 1. The van der Waals surface area contributed by atoms with Gasteiger partial charge in [-0.25, -0.2) is 0 Å². The minimum atomic E-state index is 0.0677. The van der Waals surface area contributed by atoms with Gasteiger partial charge in [0, 0.05) is 24.8 Å². The molecule has 1 fully saturated rings. The summed E-state index contributed by atoms with van der Waals surface area (Å²) in [6.07, 6.45) is 3.89. The third-order valence-corrected chi connectivity index (χ3v) is 2.95. The Morgan fingerprint density at radius 2 is 2.18 bits per heavy atom. The molecule has 0 saturated heterocycles. The van der Waals surface area contributed by atoms with E-state index in [0.717, 1.165) is 17.8 Å². The van der Waals surface area contributed by atoms with E-state index in [1.54, 1.807) is 6.20 Å². The van der Waals surface area contributed by atoms with Gasteiger partial charge in [0.25, 0.3) is 0 Å². The fourth-order valence-corrected chi connectivity index (χ4v) is 2.30. The first-order valence-corrected chi connectivity index (χ1v) is 5.99. The van der Waals surface area contributed by atoms with Gasteiger partial charge in [-0.15, -0.1) is 0 Å². The van der Waals surface area contributed by atoms with Crippen LogP contribution in [-0.2, 0) is 11.3 Å². The van der Waals surface area contributed by atoms with Crippen molar-refractivity contribution < 1.29 is 4.79 Å². The monoisotopic (exact) mass is 230 g/mol. The summed E-state index contributed by atoms with van der Waals surface area (Å²) in [5.41, 5.74) is 2.05. The third-order valence-electron chi connectivity index (χ3n) is 2.95. The van der Waals surface area contributed by atoms with E-state index in [-0.39, 0.29) is 5.41 Å². The van der Waals surface area contributed by atoms with Gasteiger partial charge in [0.15, 0.2) is 0 Å². The Bertz CT molecular complexity index is 435. The normalized spacial score (nSPS) is 21.8. The Morgan fingerprint density at radius 1 is 1.35 bits per heavy atom. The maximum Gasteiger partial charge on any atom is 0.139 e. The van der Waals surface area contributed by atoms with Crippen LogP contribution in [-0.4, -0.2) is 16.5 Å². The lowest BCUT2D eigenvalue weighted by Crippen LogP contribution is -2.29. The van der Waals surface area contributed by atoms with Gasteiger partial charge in [0.05, 0.1) is 12.2 Å². The lowest BCUT2D eigenvalue weighted by molar-refractivity contribution is -0.120. The minimum absolute atomic E-state index is 0.0677. The predicted molar refractivity (Wildman–Crippen MR) is 68.0 cm³/mol. The van der Waals surface area contributed by atoms with E-state index in [9.17, 15) is 4.79 Å². The Labute approximate surface area is 102 Å². The zero-order chi connectivity index (χ0) is 12.3.